The summed E-state index contributed by atoms with van der Waals surface area (Å²) in [6, 6.07) is 0. The van der Waals surface area contributed by atoms with Gasteiger partial charge in [-0.15, -0.1) is 6.58 Å². The quantitative estimate of drug-likeness (QED) is 0.415. The number of allylic oxidation sites excluding steroid dienone is 1. The summed E-state index contributed by atoms with van der Waals surface area (Å²) in [4.78, 5) is 9.95. The van der Waals surface area contributed by atoms with Gasteiger partial charge >= 0.3 is 0 Å². The standard InChI is InChI=1S/C4H7NO.C3H6/c1-3-4(6)5-2;1-3-2/h3H,1H2,2H3,(H,5,6);3H,1H2,2H3. The Kier molecular flexibility index (Phi) is 12.1. The minimum atomic E-state index is -0.144. The average molecular weight is 127 g/mol. The molecule has 1 N–H and O–H groups in total. The molecule has 0 aliphatic rings. The Labute approximate surface area is 56.3 Å². The molecule has 0 saturated carbocycles. The summed E-state index contributed by atoms with van der Waals surface area (Å²) in [5.74, 6) is -0.144. The van der Waals surface area contributed by atoms with E-state index in [0.29, 0.717) is 0 Å². The van der Waals surface area contributed by atoms with E-state index in [1.54, 1.807) is 13.1 Å². The summed E-state index contributed by atoms with van der Waals surface area (Å²) >= 11 is 0. The normalized spacial score (nSPS) is 6.00. The second-order valence-corrected chi connectivity index (χ2v) is 1.23. The second kappa shape index (κ2) is 10.0. The molecule has 0 rings (SSSR count). The van der Waals surface area contributed by atoms with Crippen LogP contribution in [0.4, 0.5) is 0 Å². The lowest BCUT2D eigenvalue weighted by Crippen LogP contribution is -2.13. The van der Waals surface area contributed by atoms with Crippen molar-refractivity contribution in [3.05, 3.63) is 25.3 Å². The maximum atomic E-state index is 9.95. The minimum Gasteiger partial charge on any atom is -0.356 e. The smallest absolute Gasteiger partial charge is 0.243 e. The third kappa shape index (κ3) is 19.6. The molecule has 2 nitrogen and oxygen atoms in total. The highest BCUT2D eigenvalue weighted by Crippen LogP contribution is 1.56. The highest BCUT2D eigenvalue weighted by molar-refractivity contribution is 5.86. The molecule has 0 aromatic rings. The first-order chi connectivity index (χ1) is 4.22. The van der Waals surface area contributed by atoms with E-state index in [-0.39, 0.29) is 5.91 Å². The van der Waals surface area contributed by atoms with Gasteiger partial charge in [-0.05, 0) is 13.0 Å². The minimum absolute atomic E-state index is 0.144. The summed E-state index contributed by atoms with van der Waals surface area (Å²) in [5.41, 5.74) is 0. The monoisotopic (exact) mass is 127 g/mol. The van der Waals surface area contributed by atoms with E-state index in [1.165, 1.54) is 6.08 Å². The number of carbonyl (C=O) groups excluding carboxylic acids is 1. The van der Waals surface area contributed by atoms with Crippen LogP contribution in [-0.4, -0.2) is 13.0 Å². The third-order valence-electron chi connectivity index (χ3n) is 0.432. The first kappa shape index (κ1) is 10.8. The van der Waals surface area contributed by atoms with Crippen LogP contribution in [-0.2, 0) is 4.79 Å². The summed E-state index contributed by atoms with van der Waals surface area (Å²) in [5, 5.41) is 2.36. The van der Waals surface area contributed by atoms with Crippen LogP contribution in [0.25, 0.3) is 0 Å². The van der Waals surface area contributed by atoms with Crippen molar-refractivity contribution in [2.24, 2.45) is 0 Å². The van der Waals surface area contributed by atoms with Gasteiger partial charge in [0, 0.05) is 7.05 Å². The summed E-state index contributed by atoms with van der Waals surface area (Å²) in [6.45, 7) is 8.47. The molecule has 0 heterocycles. The van der Waals surface area contributed by atoms with Crippen molar-refractivity contribution < 1.29 is 4.79 Å². The molecule has 0 fully saturated rings. The Bertz CT molecular complexity index is 97.1. The van der Waals surface area contributed by atoms with Crippen LogP contribution < -0.4 is 5.32 Å². The van der Waals surface area contributed by atoms with Gasteiger partial charge in [0.25, 0.3) is 0 Å². The van der Waals surface area contributed by atoms with E-state index in [2.05, 4.69) is 18.5 Å². The van der Waals surface area contributed by atoms with E-state index >= 15 is 0 Å². The molecule has 0 aromatic carbocycles. The van der Waals surface area contributed by atoms with Crippen molar-refractivity contribution in [2.75, 3.05) is 7.05 Å². The van der Waals surface area contributed by atoms with Crippen molar-refractivity contribution in [1.82, 2.24) is 5.32 Å². The summed E-state index contributed by atoms with van der Waals surface area (Å²) in [6.07, 6.45) is 2.97. The molecule has 0 spiro atoms. The van der Waals surface area contributed by atoms with Crippen LogP contribution in [0.2, 0.25) is 0 Å². The molecule has 0 aromatic heterocycles. The first-order valence-corrected chi connectivity index (χ1v) is 2.64. The summed E-state index contributed by atoms with van der Waals surface area (Å²) in [7, 11) is 1.56. The maximum Gasteiger partial charge on any atom is 0.243 e. The van der Waals surface area contributed by atoms with Crippen molar-refractivity contribution in [3.63, 3.8) is 0 Å². The number of rotatable bonds is 1. The lowest BCUT2D eigenvalue weighted by Gasteiger charge is -1.82. The van der Waals surface area contributed by atoms with Gasteiger partial charge in [0.05, 0.1) is 0 Å². The molecule has 0 aliphatic heterocycles. The van der Waals surface area contributed by atoms with Crippen molar-refractivity contribution in [1.29, 1.82) is 0 Å². The van der Waals surface area contributed by atoms with E-state index in [0.717, 1.165) is 0 Å². The van der Waals surface area contributed by atoms with Crippen LogP contribution in [0.3, 0.4) is 0 Å². The van der Waals surface area contributed by atoms with E-state index in [9.17, 15) is 4.79 Å². The van der Waals surface area contributed by atoms with Gasteiger partial charge in [-0.25, -0.2) is 0 Å². The molecule has 0 atom stereocenters. The third-order valence-corrected chi connectivity index (χ3v) is 0.432. The molecule has 2 heteroatoms. The van der Waals surface area contributed by atoms with Crippen LogP contribution in [0.1, 0.15) is 6.92 Å². The Morgan fingerprint density at radius 3 is 1.89 bits per heavy atom. The predicted octanol–water partition coefficient (Wildman–Crippen LogP) is 1.11. The van der Waals surface area contributed by atoms with Gasteiger partial charge in [0.15, 0.2) is 0 Å². The van der Waals surface area contributed by atoms with E-state index in [4.69, 9.17) is 0 Å². The molecule has 0 unspecified atom stereocenters. The van der Waals surface area contributed by atoms with Gasteiger partial charge < -0.3 is 5.32 Å². The molecule has 9 heavy (non-hydrogen) atoms. The molecule has 1 amide bonds. The average Bonchev–Trinajstić information content (AvgIpc) is 1.88. The summed E-state index contributed by atoms with van der Waals surface area (Å²) < 4.78 is 0. The number of hydrogen-bond donors (Lipinski definition) is 1. The fraction of sp³-hybridized carbons (Fsp3) is 0.286. The van der Waals surface area contributed by atoms with Gasteiger partial charge in [-0.3, -0.25) is 4.79 Å². The van der Waals surface area contributed by atoms with Crippen LogP contribution in [0, 0.1) is 0 Å². The Morgan fingerprint density at radius 1 is 1.56 bits per heavy atom. The number of hydrogen-bond acceptors (Lipinski definition) is 1. The highest BCUT2D eigenvalue weighted by Gasteiger charge is 1.78. The molecular weight excluding hydrogens is 114 g/mol. The molecule has 0 radical (unpaired) electrons. The van der Waals surface area contributed by atoms with Gasteiger partial charge in [-0.1, -0.05) is 12.7 Å². The molecule has 0 saturated heterocycles. The zero-order valence-electron chi connectivity index (χ0n) is 5.98. The lowest BCUT2D eigenvalue weighted by atomic mass is 10.6. The first-order valence-electron chi connectivity index (χ1n) is 2.64. The van der Waals surface area contributed by atoms with Crippen molar-refractivity contribution >= 4 is 5.91 Å². The van der Waals surface area contributed by atoms with Gasteiger partial charge in [0.2, 0.25) is 5.91 Å². The SMILES string of the molecule is C=CC.C=CC(=O)NC. The Morgan fingerprint density at radius 2 is 1.89 bits per heavy atom. The predicted molar refractivity (Wildman–Crippen MR) is 40.1 cm³/mol. The molecule has 0 aliphatic carbocycles. The Hall–Kier alpha value is -1.05. The largest absolute Gasteiger partial charge is 0.356 e. The van der Waals surface area contributed by atoms with E-state index in [1.807, 2.05) is 6.92 Å². The Balaban J connectivity index is 0. The zero-order valence-corrected chi connectivity index (χ0v) is 5.98. The zero-order chi connectivity index (χ0) is 7.70. The second-order valence-electron chi connectivity index (χ2n) is 1.23. The van der Waals surface area contributed by atoms with Crippen molar-refractivity contribution in [2.45, 2.75) is 6.92 Å². The fourth-order valence-electron chi connectivity index (χ4n) is 0.102. The fourth-order valence-corrected chi connectivity index (χ4v) is 0.102. The molecule has 52 valence electrons. The van der Waals surface area contributed by atoms with Gasteiger partial charge in [0.1, 0.15) is 0 Å². The van der Waals surface area contributed by atoms with Crippen LogP contribution in [0.15, 0.2) is 25.3 Å². The number of nitrogens with one attached hydrogen (secondary N) is 1. The number of carbonyl (C=O) groups is 1. The van der Waals surface area contributed by atoms with E-state index < -0.39 is 0 Å². The number of amides is 1. The van der Waals surface area contributed by atoms with Crippen LogP contribution >= 0.6 is 0 Å². The topological polar surface area (TPSA) is 29.1 Å². The maximum absolute atomic E-state index is 9.95. The van der Waals surface area contributed by atoms with Crippen LogP contribution in [0.5, 0.6) is 0 Å². The lowest BCUT2D eigenvalue weighted by molar-refractivity contribution is -0.116. The van der Waals surface area contributed by atoms with Crippen molar-refractivity contribution in [3.8, 4) is 0 Å². The molecular formula is C7H13NO. The molecule has 0 bridgehead atoms. The highest BCUT2D eigenvalue weighted by atomic mass is 16.1. The van der Waals surface area contributed by atoms with Gasteiger partial charge in [-0.2, -0.15) is 0 Å². The number of likely N-dealkylation sites (N-methyl/N-ethyl adjacent to an activating group) is 1.